The molecule has 140 valence electrons. The van der Waals surface area contributed by atoms with Gasteiger partial charge in [-0.15, -0.1) is 9.81 Å². The minimum atomic E-state index is -0.0658. The van der Waals surface area contributed by atoms with Crippen LogP contribution < -0.4 is 27.8 Å². The minimum absolute atomic E-state index is 0.0300. The van der Waals surface area contributed by atoms with Crippen molar-refractivity contribution in [2.75, 3.05) is 37.7 Å². The predicted octanol–water partition coefficient (Wildman–Crippen LogP) is 1.69. The number of hydrogen-bond acceptors (Lipinski definition) is 9. The Morgan fingerprint density at radius 3 is 2.40 bits per heavy atom. The average molecular weight is 353 g/mol. The van der Waals surface area contributed by atoms with E-state index in [1.807, 2.05) is 0 Å². The van der Waals surface area contributed by atoms with Crippen LogP contribution in [0.15, 0.2) is 22.5 Å². The third-order valence-electron chi connectivity index (χ3n) is 3.25. The maximum Gasteiger partial charge on any atom is 0.220 e. The third kappa shape index (κ3) is 8.18. The molecule has 0 bridgehead atoms. The number of nitrogens with zero attached hydrogens (tertiary/aromatic N) is 2. The molecule has 0 fully saturated rings. The summed E-state index contributed by atoms with van der Waals surface area (Å²) in [4.78, 5) is 32.9. The highest BCUT2D eigenvalue weighted by Crippen LogP contribution is 2.38. The second-order valence-corrected chi connectivity index (χ2v) is 4.95. The van der Waals surface area contributed by atoms with Gasteiger partial charge in [0.1, 0.15) is 5.69 Å². The highest BCUT2D eigenvalue weighted by atomic mass is 16.3. The first kappa shape index (κ1) is 22.4. The fourth-order valence-electron chi connectivity index (χ4n) is 2.01. The highest BCUT2D eigenvalue weighted by Gasteiger charge is 2.12. The van der Waals surface area contributed by atoms with Crippen molar-refractivity contribution in [1.29, 1.82) is 0 Å². The molecule has 0 aliphatic heterocycles. The van der Waals surface area contributed by atoms with Crippen LogP contribution in [0.1, 0.15) is 25.7 Å². The van der Waals surface area contributed by atoms with E-state index in [1.165, 1.54) is 19.2 Å². The Labute approximate surface area is 146 Å². The van der Waals surface area contributed by atoms with Crippen LogP contribution in [0.2, 0.25) is 0 Å². The average Bonchev–Trinajstić information content (AvgIpc) is 2.64. The van der Waals surface area contributed by atoms with Gasteiger partial charge in [0.25, 0.3) is 0 Å². The lowest BCUT2D eigenvalue weighted by Crippen LogP contribution is -2.28. The molecule has 0 saturated heterocycles. The van der Waals surface area contributed by atoms with E-state index in [2.05, 4.69) is 26.7 Å². The topological polar surface area (TPSA) is 178 Å². The molecule has 0 saturated carbocycles. The van der Waals surface area contributed by atoms with E-state index < -0.39 is 0 Å². The number of nitrogen functional groups attached to an aromatic ring is 1. The van der Waals surface area contributed by atoms with E-state index >= 15 is 0 Å². The maximum absolute atomic E-state index is 11.6. The fourth-order valence-corrected chi connectivity index (χ4v) is 2.01. The SMILES string of the molecule is CN.NCCCCCC(=O)NCCNc1ccc(N=O)c(N)c1N=O. The number of carbonyl (C=O) groups is 1. The lowest BCUT2D eigenvalue weighted by atomic mass is 10.2. The molecular formula is C15H27N7O3. The smallest absolute Gasteiger partial charge is 0.220 e. The van der Waals surface area contributed by atoms with Crippen LogP contribution in [0.5, 0.6) is 0 Å². The monoisotopic (exact) mass is 353 g/mol. The summed E-state index contributed by atoms with van der Waals surface area (Å²) in [5.74, 6) is -0.0300. The zero-order valence-corrected chi connectivity index (χ0v) is 14.5. The molecular weight excluding hydrogens is 326 g/mol. The predicted molar refractivity (Wildman–Crippen MR) is 101 cm³/mol. The van der Waals surface area contributed by atoms with Crippen molar-refractivity contribution >= 4 is 28.7 Å². The number of amides is 1. The van der Waals surface area contributed by atoms with Gasteiger partial charge in [-0.2, -0.15) is 0 Å². The van der Waals surface area contributed by atoms with Crippen molar-refractivity contribution in [2.24, 2.45) is 21.8 Å². The van der Waals surface area contributed by atoms with Crippen LogP contribution in [0, 0.1) is 9.81 Å². The van der Waals surface area contributed by atoms with Crippen LogP contribution in [-0.2, 0) is 4.79 Å². The molecule has 10 heteroatoms. The van der Waals surface area contributed by atoms with Gasteiger partial charge in [-0.05, 0) is 48.9 Å². The van der Waals surface area contributed by atoms with Crippen molar-refractivity contribution in [3.63, 3.8) is 0 Å². The van der Waals surface area contributed by atoms with Crippen LogP contribution >= 0.6 is 0 Å². The molecule has 8 N–H and O–H groups in total. The molecule has 0 aliphatic rings. The summed E-state index contributed by atoms with van der Waals surface area (Å²) >= 11 is 0. The summed E-state index contributed by atoms with van der Waals surface area (Å²) < 4.78 is 0. The molecule has 0 atom stereocenters. The van der Waals surface area contributed by atoms with Crippen molar-refractivity contribution in [3.05, 3.63) is 21.9 Å². The zero-order valence-electron chi connectivity index (χ0n) is 14.5. The van der Waals surface area contributed by atoms with E-state index in [0.29, 0.717) is 31.7 Å². The first-order valence-corrected chi connectivity index (χ1v) is 8.01. The number of nitroso groups, excluding NO2 is 2. The number of hydrogen-bond donors (Lipinski definition) is 5. The number of nitrogens with two attached hydrogens (primary N) is 3. The molecule has 10 nitrogen and oxygen atoms in total. The van der Waals surface area contributed by atoms with Crippen molar-refractivity contribution in [2.45, 2.75) is 25.7 Å². The first-order chi connectivity index (χ1) is 12.1. The van der Waals surface area contributed by atoms with Gasteiger partial charge in [0, 0.05) is 19.5 Å². The maximum atomic E-state index is 11.6. The van der Waals surface area contributed by atoms with Gasteiger partial charge in [0.15, 0.2) is 5.69 Å². The molecule has 1 aromatic rings. The highest BCUT2D eigenvalue weighted by molar-refractivity contribution is 5.86. The second kappa shape index (κ2) is 13.8. The summed E-state index contributed by atoms with van der Waals surface area (Å²) in [6.07, 6.45) is 3.14. The molecule has 0 spiro atoms. The molecule has 0 radical (unpaired) electrons. The van der Waals surface area contributed by atoms with Gasteiger partial charge >= 0.3 is 0 Å². The lowest BCUT2D eigenvalue weighted by Gasteiger charge is -2.11. The Bertz CT molecular complexity index is 552. The van der Waals surface area contributed by atoms with E-state index in [1.54, 1.807) is 0 Å². The molecule has 0 unspecified atom stereocenters. The molecule has 25 heavy (non-hydrogen) atoms. The molecule has 1 rings (SSSR count). The van der Waals surface area contributed by atoms with Gasteiger partial charge in [-0.25, -0.2) is 0 Å². The number of anilines is 2. The van der Waals surface area contributed by atoms with E-state index in [4.69, 9.17) is 11.5 Å². The Kier molecular flexibility index (Phi) is 12.4. The van der Waals surface area contributed by atoms with Crippen LogP contribution in [-0.4, -0.2) is 32.6 Å². The Hall–Kier alpha value is -2.59. The van der Waals surface area contributed by atoms with Crippen LogP contribution in [0.25, 0.3) is 0 Å². The van der Waals surface area contributed by atoms with Gasteiger partial charge < -0.3 is 27.8 Å². The van der Waals surface area contributed by atoms with Crippen molar-refractivity contribution in [1.82, 2.24) is 5.32 Å². The summed E-state index contributed by atoms with van der Waals surface area (Å²) in [5.41, 5.74) is 15.7. The minimum Gasteiger partial charge on any atom is -0.395 e. The fraction of sp³-hybridized carbons (Fsp3) is 0.533. The van der Waals surface area contributed by atoms with Crippen molar-refractivity contribution in [3.8, 4) is 0 Å². The van der Waals surface area contributed by atoms with Gasteiger partial charge in [0.2, 0.25) is 5.91 Å². The Morgan fingerprint density at radius 1 is 1.08 bits per heavy atom. The molecule has 0 aliphatic carbocycles. The summed E-state index contributed by atoms with van der Waals surface area (Å²) in [6, 6.07) is 2.90. The Balaban J connectivity index is 0.00000277. The van der Waals surface area contributed by atoms with Gasteiger partial charge in [-0.1, -0.05) is 6.42 Å². The van der Waals surface area contributed by atoms with E-state index in [9.17, 15) is 14.6 Å². The van der Waals surface area contributed by atoms with Crippen LogP contribution in [0.4, 0.5) is 22.7 Å². The standard InChI is InChI=1S/C14H22N6O3.CH5N/c15-7-3-1-2-4-12(21)18-9-8-17-11-6-5-10(19-22)13(16)14(11)20-23;1-2/h5-6,17H,1-4,7-9,15-16H2,(H,18,21);2H2,1H3. The van der Waals surface area contributed by atoms with E-state index in [0.717, 1.165) is 19.3 Å². The molecule has 1 amide bonds. The number of benzene rings is 1. The third-order valence-corrected chi connectivity index (χ3v) is 3.25. The Morgan fingerprint density at radius 2 is 1.80 bits per heavy atom. The second-order valence-electron chi connectivity index (χ2n) is 4.95. The summed E-state index contributed by atoms with van der Waals surface area (Å²) in [7, 11) is 1.50. The number of rotatable bonds is 11. The zero-order chi connectivity index (χ0) is 19.1. The molecule has 1 aromatic carbocycles. The normalized spacial score (nSPS) is 9.56. The summed E-state index contributed by atoms with van der Waals surface area (Å²) in [5, 5.41) is 11.2. The first-order valence-electron chi connectivity index (χ1n) is 8.01. The molecule has 0 heterocycles. The number of nitrogens with one attached hydrogen (secondary N) is 2. The van der Waals surface area contributed by atoms with Gasteiger partial charge in [-0.3, -0.25) is 4.79 Å². The summed E-state index contributed by atoms with van der Waals surface area (Å²) in [6.45, 7) is 1.42. The largest absolute Gasteiger partial charge is 0.395 e. The van der Waals surface area contributed by atoms with Gasteiger partial charge in [0.05, 0.1) is 11.4 Å². The quantitative estimate of drug-likeness (QED) is 0.228. The van der Waals surface area contributed by atoms with Crippen LogP contribution in [0.3, 0.4) is 0 Å². The van der Waals surface area contributed by atoms with Crippen molar-refractivity contribution < 1.29 is 4.79 Å². The molecule has 0 aromatic heterocycles. The number of unbranched alkanes of at least 4 members (excludes halogenated alkanes) is 2. The van der Waals surface area contributed by atoms with E-state index in [-0.39, 0.29) is 23.0 Å². The number of carbonyl (C=O) groups excluding carboxylic acids is 1. The lowest BCUT2D eigenvalue weighted by molar-refractivity contribution is -0.121.